The van der Waals surface area contributed by atoms with Crippen molar-refractivity contribution < 1.29 is 31.1 Å². The molecule has 1 aromatic carbocycles. The highest BCUT2D eigenvalue weighted by Crippen LogP contribution is 2.36. The Morgan fingerprint density at radius 2 is 1.53 bits per heavy atom. The molecule has 1 amide bonds. The van der Waals surface area contributed by atoms with Crippen molar-refractivity contribution in [2.45, 2.75) is 18.4 Å². The first-order valence-corrected chi connectivity index (χ1v) is 8.35. The monoisotopic (exact) mass is 426 g/mol. The average Bonchev–Trinajstić information content (AvgIpc) is 2.71. The zero-order valence-corrected chi connectivity index (χ0v) is 14.9. The Bertz CT molecular complexity index is 1020. The summed E-state index contributed by atoms with van der Waals surface area (Å²) >= 11 is 0. The van der Waals surface area contributed by atoms with Crippen molar-refractivity contribution in [1.82, 2.24) is 20.5 Å². The molecule has 0 saturated heterocycles. The molecule has 5 nitrogen and oxygen atoms in total. The highest BCUT2D eigenvalue weighted by Gasteiger charge is 2.37. The second-order valence-corrected chi connectivity index (χ2v) is 6.07. The molecule has 1 unspecified atom stereocenters. The van der Waals surface area contributed by atoms with Crippen molar-refractivity contribution in [3.8, 4) is 0 Å². The third-order valence-corrected chi connectivity index (χ3v) is 4.07. The molecule has 0 fully saturated rings. The Labute approximate surface area is 165 Å². The van der Waals surface area contributed by atoms with Crippen molar-refractivity contribution in [1.29, 1.82) is 0 Å². The standard InChI is InChI=1S/C19H12F6N4O/c20-18(21,22)12-7-5-11(6-8-12)15(28-17(30)14-4-2-10-27-29-14)16-13(19(23,24)25)3-1-9-26-16/h1-10,15H,(H,28,30). The molecule has 156 valence electrons. The molecule has 1 N–H and O–H groups in total. The van der Waals surface area contributed by atoms with Gasteiger partial charge in [0.25, 0.3) is 5.91 Å². The van der Waals surface area contributed by atoms with Gasteiger partial charge in [-0.25, -0.2) is 0 Å². The van der Waals surface area contributed by atoms with E-state index in [1.165, 1.54) is 18.3 Å². The average molecular weight is 426 g/mol. The maximum Gasteiger partial charge on any atom is 0.418 e. The lowest BCUT2D eigenvalue weighted by atomic mass is 9.97. The predicted octanol–water partition coefficient (Wildman–Crippen LogP) is 4.43. The van der Waals surface area contributed by atoms with Gasteiger partial charge < -0.3 is 5.32 Å². The van der Waals surface area contributed by atoms with Crippen LogP contribution >= 0.6 is 0 Å². The van der Waals surface area contributed by atoms with E-state index in [9.17, 15) is 31.1 Å². The SMILES string of the molecule is O=C(NC(c1ccc(C(F)(F)F)cc1)c1ncccc1C(F)(F)F)c1cccnn1. The van der Waals surface area contributed by atoms with E-state index < -0.39 is 41.1 Å². The van der Waals surface area contributed by atoms with Crippen LogP contribution in [0.2, 0.25) is 0 Å². The second-order valence-electron chi connectivity index (χ2n) is 6.07. The molecule has 0 aliphatic carbocycles. The van der Waals surface area contributed by atoms with Gasteiger partial charge in [0.1, 0.15) is 0 Å². The Kier molecular flexibility index (Phi) is 5.72. The highest BCUT2D eigenvalue weighted by atomic mass is 19.4. The number of halogens is 6. The fourth-order valence-electron chi connectivity index (χ4n) is 2.69. The predicted molar refractivity (Wildman–Crippen MR) is 92.0 cm³/mol. The van der Waals surface area contributed by atoms with Crippen LogP contribution in [0.15, 0.2) is 60.9 Å². The van der Waals surface area contributed by atoms with Gasteiger partial charge in [0.15, 0.2) is 5.69 Å². The fourth-order valence-corrected chi connectivity index (χ4v) is 2.69. The first-order valence-electron chi connectivity index (χ1n) is 8.35. The van der Waals surface area contributed by atoms with Crippen molar-refractivity contribution >= 4 is 5.91 Å². The van der Waals surface area contributed by atoms with E-state index in [1.54, 1.807) is 0 Å². The molecule has 0 bridgehead atoms. The van der Waals surface area contributed by atoms with Gasteiger partial charge in [-0.3, -0.25) is 9.78 Å². The number of carbonyl (C=O) groups excluding carboxylic acids is 1. The van der Waals surface area contributed by atoms with Gasteiger partial charge in [0.05, 0.1) is 22.9 Å². The first kappa shape index (κ1) is 21.2. The molecule has 1 atom stereocenters. The maximum atomic E-state index is 13.5. The van der Waals surface area contributed by atoms with E-state index in [1.807, 2.05) is 0 Å². The minimum atomic E-state index is -4.80. The van der Waals surface area contributed by atoms with Gasteiger partial charge >= 0.3 is 12.4 Å². The molecular formula is C19H12F6N4O. The number of hydrogen-bond acceptors (Lipinski definition) is 4. The largest absolute Gasteiger partial charge is 0.418 e. The number of pyridine rings is 1. The molecule has 0 saturated carbocycles. The summed E-state index contributed by atoms with van der Waals surface area (Å²) in [7, 11) is 0. The Balaban J connectivity index is 2.07. The number of carbonyl (C=O) groups is 1. The molecule has 0 aliphatic heterocycles. The zero-order valence-electron chi connectivity index (χ0n) is 14.9. The van der Waals surface area contributed by atoms with E-state index in [4.69, 9.17) is 0 Å². The van der Waals surface area contributed by atoms with Gasteiger partial charge in [-0.15, -0.1) is 5.10 Å². The number of nitrogens with zero attached hydrogens (tertiary/aromatic N) is 3. The fraction of sp³-hybridized carbons (Fsp3) is 0.158. The molecule has 0 aliphatic rings. The molecular weight excluding hydrogens is 414 g/mol. The molecule has 0 radical (unpaired) electrons. The minimum Gasteiger partial charge on any atom is -0.338 e. The lowest BCUT2D eigenvalue weighted by Gasteiger charge is -2.22. The molecule has 30 heavy (non-hydrogen) atoms. The van der Waals surface area contributed by atoms with Crippen LogP contribution in [0.25, 0.3) is 0 Å². The van der Waals surface area contributed by atoms with Crippen LogP contribution in [0, 0.1) is 0 Å². The second kappa shape index (κ2) is 8.09. The zero-order chi connectivity index (χ0) is 21.9. The van der Waals surface area contributed by atoms with Crippen molar-refractivity contribution in [2.24, 2.45) is 0 Å². The Morgan fingerprint density at radius 3 is 2.10 bits per heavy atom. The van der Waals surface area contributed by atoms with E-state index in [0.717, 1.165) is 30.5 Å². The summed E-state index contributed by atoms with van der Waals surface area (Å²) in [4.78, 5) is 16.2. The summed E-state index contributed by atoms with van der Waals surface area (Å²) in [6.45, 7) is 0. The number of benzene rings is 1. The van der Waals surface area contributed by atoms with Gasteiger partial charge in [0, 0.05) is 12.4 Å². The van der Waals surface area contributed by atoms with E-state index >= 15 is 0 Å². The smallest absolute Gasteiger partial charge is 0.338 e. The maximum absolute atomic E-state index is 13.5. The van der Waals surface area contributed by atoms with Crippen LogP contribution in [0.3, 0.4) is 0 Å². The van der Waals surface area contributed by atoms with Gasteiger partial charge in [-0.1, -0.05) is 12.1 Å². The van der Waals surface area contributed by atoms with Crippen molar-refractivity contribution in [2.75, 3.05) is 0 Å². The summed E-state index contributed by atoms with van der Waals surface area (Å²) in [5.41, 5.74) is -2.89. The van der Waals surface area contributed by atoms with E-state index in [0.29, 0.717) is 12.1 Å². The van der Waals surface area contributed by atoms with Crippen molar-refractivity contribution in [3.05, 3.63) is 89.0 Å². The lowest BCUT2D eigenvalue weighted by molar-refractivity contribution is -0.139. The summed E-state index contributed by atoms with van der Waals surface area (Å²) in [5, 5.41) is 9.46. The van der Waals surface area contributed by atoms with Crippen LogP contribution in [-0.4, -0.2) is 21.1 Å². The van der Waals surface area contributed by atoms with Gasteiger partial charge in [-0.2, -0.15) is 31.4 Å². The van der Waals surface area contributed by atoms with Crippen molar-refractivity contribution in [3.63, 3.8) is 0 Å². The summed E-state index contributed by atoms with van der Waals surface area (Å²) in [5.74, 6) is -0.869. The summed E-state index contributed by atoms with van der Waals surface area (Å²) in [6.07, 6.45) is -7.04. The lowest BCUT2D eigenvalue weighted by Crippen LogP contribution is -2.32. The number of alkyl halides is 6. The van der Waals surface area contributed by atoms with Crippen LogP contribution in [0.1, 0.15) is 38.9 Å². The molecule has 11 heteroatoms. The van der Waals surface area contributed by atoms with E-state index in [2.05, 4.69) is 20.5 Å². The third kappa shape index (κ3) is 4.73. The molecule has 0 spiro atoms. The van der Waals surface area contributed by atoms with Gasteiger partial charge in [-0.05, 0) is 42.0 Å². The van der Waals surface area contributed by atoms with E-state index in [-0.39, 0.29) is 11.3 Å². The topological polar surface area (TPSA) is 67.8 Å². The van der Waals surface area contributed by atoms with Gasteiger partial charge in [0.2, 0.25) is 0 Å². The molecule has 2 aromatic heterocycles. The van der Waals surface area contributed by atoms with Crippen LogP contribution in [0.5, 0.6) is 0 Å². The molecule has 2 heterocycles. The minimum absolute atomic E-state index is 0.0237. The molecule has 3 aromatic rings. The third-order valence-electron chi connectivity index (χ3n) is 4.07. The quantitative estimate of drug-likeness (QED) is 0.627. The van der Waals surface area contributed by atoms with Crippen LogP contribution < -0.4 is 5.32 Å². The molecule has 3 rings (SSSR count). The normalized spacial score (nSPS) is 13.0. The first-order chi connectivity index (χ1) is 14.1. The summed E-state index contributed by atoms with van der Waals surface area (Å²) in [6, 6.07) is 6.44. The Hall–Kier alpha value is -3.50. The number of hydrogen-bond donors (Lipinski definition) is 1. The summed E-state index contributed by atoms with van der Waals surface area (Å²) < 4.78 is 79.0. The Morgan fingerprint density at radius 1 is 0.867 bits per heavy atom. The number of nitrogens with one attached hydrogen (secondary N) is 1. The van der Waals surface area contributed by atoms with Crippen LogP contribution in [0.4, 0.5) is 26.3 Å². The highest BCUT2D eigenvalue weighted by molar-refractivity contribution is 5.92. The number of aromatic nitrogens is 3. The van der Waals surface area contributed by atoms with Crippen LogP contribution in [-0.2, 0) is 12.4 Å². The number of rotatable bonds is 4. The number of amides is 1.